The number of carbonyl (C=O) groups is 1. The third-order valence-electron chi connectivity index (χ3n) is 2.96. The van der Waals surface area contributed by atoms with Crippen LogP contribution in [0.25, 0.3) is 0 Å². The van der Waals surface area contributed by atoms with E-state index in [-0.39, 0.29) is 11.7 Å². The lowest BCUT2D eigenvalue weighted by molar-refractivity contribution is -0.126. The van der Waals surface area contributed by atoms with Gasteiger partial charge in [-0.3, -0.25) is 4.79 Å². The predicted molar refractivity (Wildman–Crippen MR) is 86.3 cm³/mol. The number of carbonyl (C=O) groups excluding carboxylic acids is 1. The number of benzene rings is 2. The van der Waals surface area contributed by atoms with E-state index in [0.717, 1.165) is 0 Å². The van der Waals surface area contributed by atoms with Gasteiger partial charge in [0.25, 0.3) is 5.91 Å². The third kappa shape index (κ3) is 5.35. The van der Waals surface area contributed by atoms with Gasteiger partial charge < -0.3 is 14.9 Å². The normalized spacial score (nSPS) is 12.2. The van der Waals surface area contributed by atoms with E-state index < -0.39 is 12.7 Å². The lowest BCUT2D eigenvalue weighted by atomic mass is 10.2. The van der Waals surface area contributed by atoms with Crippen molar-refractivity contribution in [1.82, 2.24) is 0 Å². The third-order valence-corrected chi connectivity index (χ3v) is 2.96. The van der Waals surface area contributed by atoms with Gasteiger partial charge in [0.1, 0.15) is 5.75 Å². The Morgan fingerprint density at radius 3 is 2.50 bits per heavy atom. The molecule has 2 aromatic carbocycles. The molecule has 0 heterocycles. The fourth-order valence-electron chi connectivity index (χ4n) is 1.78. The first kappa shape index (κ1) is 17.4. The summed E-state index contributed by atoms with van der Waals surface area (Å²) in [5.74, 6) is -0.406. The molecule has 1 amide bonds. The van der Waals surface area contributed by atoms with E-state index >= 15 is 0 Å². The molecule has 0 aliphatic carbocycles. The highest BCUT2D eigenvalue weighted by molar-refractivity contribution is 5.93. The monoisotopic (exact) mass is 334 g/mol. The van der Waals surface area contributed by atoms with Gasteiger partial charge in [0, 0.05) is 11.3 Å². The Balaban J connectivity index is 1.92. The smallest absolute Gasteiger partial charge is 0.387 e. The SMILES string of the molecule is CC(O/N=C/c1ccccc1OC(F)F)C(=O)Nc1ccccc1. The zero-order valence-corrected chi connectivity index (χ0v) is 12.9. The van der Waals surface area contributed by atoms with E-state index in [1.807, 2.05) is 6.07 Å². The second-order valence-corrected chi connectivity index (χ2v) is 4.75. The van der Waals surface area contributed by atoms with Crippen LogP contribution in [0, 0.1) is 0 Å². The van der Waals surface area contributed by atoms with Crippen molar-refractivity contribution >= 4 is 17.8 Å². The number of para-hydroxylation sites is 2. The molecular formula is C17H16F2N2O3. The Morgan fingerprint density at radius 1 is 1.12 bits per heavy atom. The van der Waals surface area contributed by atoms with E-state index in [1.165, 1.54) is 19.2 Å². The highest BCUT2D eigenvalue weighted by Gasteiger charge is 2.14. The van der Waals surface area contributed by atoms with E-state index in [0.29, 0.717) is 11.3 Å². The summed E-state index contributed by atoms with van der Waals surface area (Å²) < 4.78 is 29.0. The van der Waals surface area contributed by atoms with Crippen LogP contribution in [-0.4, -0.2) is 24.8 Å². The zero-order chi connectivity index (χ0) is 17.4. The van der Waals surface area contributed by atoms with E-state index in [9.17, 15) is 13.6 Å². The Kier molecular flexibility index (Phi) is 6.24. The molecule has 1 unspecified atom stereocenters. The number of amides is 1. The lowest BCUT2D eigenvalue weighted by Gasteiger charge is -2.10. The molecule has 1 atom stereocenters. The number of halogens is 2. The average Bonchev–Trinajstić information content (AvgIpc) is 2.56. The zero-order valence-electron chi connectivity index (χ0n) is 12.9. The number of hydrogen-bond acceptors (Lipinski definition) is 4. The molecule has 2 aromatic rings. The van der Waals surface area contributed by atoms with Crippen LogP contribution < -0.4 is 10.1 Å². The minimum absolute atomic E-state index is 0.0266. The predicted octanol–water partition coefficient (Wildman–Crippen LogP) is 3.67. The van der Waals surface area contributed by atoms with Crippen LogP contribution in [0.3, 0.4) is 0 Å². The Hall–Kier alpha value is -2.96. The Bertz CT molecular complexity index is 693. The van der Waals surface area contributed by atoms with E-state index in [2.05, 4.69) is 15.2 Å². The van der Waals surface area contributed by atoms with Crippen molar-refractivity contribution in [3.8, 4) is 5.75 Å². The van der Waals surface area contributed by atoms with Gasteiger partial charge in [-0.2, -0.15) is 8.78 Å². The van der Waals surface area contributed by atoms with Crippen LogP contribution in [0.1, 0.15) is 12.5 Å². The van der Waals surface area contributed by atoms with Crippen molar-refractivity contribution in [3.05, 3.63) is 60.2 Å². The van der Waals surface area contributed by atoms with Crippen LogP contribution in [0.4, 0.5) is 14.5 Å². The summed E-state index contributed by atoms with van der Waals surface area (Å²) in [6, 6.07) is 15.0. The van der Waals surface area contributed by atoms with E-state index in [1.54, 1.807) is 42.5 Å². The van der Waals surface area contributed by atoms with Crippen molar-refractivity contribution in [1.29, 1.82) is 0 Å². The standard InChI is InChI=1S/C17H16F2N2O3/c1-12(16(22)21-14-8-3-2-4-9-14)24-20-11-13-7-5-6-10-15(13)23-17(18)19/h2-12,17H,1H3,(H,21,22)/b20-11+. The number of oxime groups is 1. The summed E-state index contributed by atoms with van der Waals surface area (Å²) in [6.07, 6.45) is 0.355. The van der Waals surface area contributed by atoms with Gasteiger partial charge in [0.2, 0.25) is 6.10 Å². The van der Waals surface area contributed by atoms with Crippen LogP contribution in [0.5, 0.6) is 5.75 Å². The number of hydrogen-bond donors (Lipinski definition) is 1. The topological polar surface area (TPSA) is 59.9 Å². The Morgan fingerprint density at radius 2 is 1.79 bits per heavy atom. The van der Waals surface area contributed by atoms with Gasteiger partial charge in [0.15, 0.2) is 0 Å². The van der Waals surface area contributed by atoms with Crippen LogP contribution >= 0.6 is 0 Å². The molecule has 1 N–H and O–H groups in total. The first-order chi connectivity index (χ1) is 11.6. The van der Waals surface area contributed by atoms with Gasteiger partial charge in [-0.1, -0.05) is 35.5 Å². The maximum Gasteiger partial charge on any atom is 0.387 e. The number of alkyl halides is 2. The molecule has 0 aromatic heterocycles. The number of rotatable bonds is 7. The van der Waals surface area contributed by atoms with Crippen LogP contribution in [0.15, 0.2) is 59.8 Å². The fraction of sp³-hybridized carbons (Fsp3) is 0.176. The minimum Gasteiger partial charge on any atom is -0.434 e. The molecule has 7 heteroatoms. The second-order valence-electron chi connectivity index (χ2n) is 4.75. The molecule has 2 rings (SSSR count). The van der Waals surface area contributed by atoms with Gasteiger partial charge in [-0.05, 0) is 31.2 Å². The molecule has 0 saturated heterocycles. The molecule has 0 radical (unpaired) electrons. The van der Waals surface area contributed by atoms with E-state index in [4.69, 9.17) is 4.84 Å². The first-order valence-electron chi connectivity index (χ1n) is 7.15. The molecule has 0 aliphatic heterocycles. The van der Waals surface area contributed by atoms with Gasteiger partial charge in [0.05, 0.1) is 6.21 Å². The molecule has 0 saturated carbocycles. The number of nitrogens with zero attached hydrogens (tertiary/aromatic N) is 1. The summed E-state index contributed by atoms with van der Waals surface area (Å²) in [6.45, 7) is -1.41. The highest BCUT2D eigenvalue weighted by atomic mass is 19.3. The number of nitrogens with one attached hydrogen (secondary N) is 1. The average molecular weight is 334 g/mol. The Labute approximate surface area is 137 Å². The number of anilines is 1. The fourth-order valence-corrected chi connectivity index (χ4v) is 1.78. The van der Waals surface area contributed by atoms with Crippen LogP contribution in [-0.2, 0) is 9.63 Å². The molecule has 0 aliphatic rings. The van der Waals surface area contributed by atoms with Gasteiger partial charge >= 0.3 is 6.61 Å². The van der Waals surface area contributed by atoms with Crippen LogP contribution in [0.2, 0.25) is 0 Å². The molecule has 0 fully saturated rings. The highest BCUT2D eigenvalue weighted by Crippen LogP contribution is 2.18. The second kappa shape index (κ2) is 8.61. The molecule has 126 valence electrons. The molecule has 24 heavy (non-hydrogen) atoms. The maximum absolute atomic E-state index is 12.3. The first-order valence-corrected chi connectivity index (χ1v) is 7.15. The van der Waals surface area contributed by atoms with Crippen molar-refractivity contribution in [2.75, 3.05) is 5.32 Å². The largest absolute Gasteiger partial charge is 0.434 e. The minimum atomic E-state index is -2.93. The van der Waals surface area contributed by atoms with Gasteiger partial charge in [-0.15, -0.1) is 0 Å². The van der Waals surface area contributed by atoms with Gasteiger partial charge in [-0.25, -0.2) is 0 Å². The molecule has 0 spiro atoms. The number of ether oxygens (including phenoxy) is 1. The summed E-state index contributed by atoms with van der Waals surface area (Å²) in [5, 5.41) is 6.33. The van der Waals surface area contributed by atoms with Crippen molar-refractivity contribution in [2.45, 2.75) is 19.6 Å². The van der Waals surface area contributed by atoms with Crippen molar-refractivity contribution in [2.24, 2.45) is 5.16 Å². The molecular weight excluding hydrogens is 318 g/mol. The maximum atomic E-state index is 12.3. The lowest BCUT2D eigenvalue weighted by Crippen LogP contribution is -2.26. The summed E-state index contributed by atoms with van der Waals surface area (Å²) in [7, 11) is 0. The summed E-state index contributed by atoms with van der Waals surface area (Å²) in [5.41, 5.74) is 0.950. The summed E-state index contributed by atoms with van der Waals surface area (Å²) >= 11 is 0. The quantitative estimate of drug-likeness (QED) is 0.621. The van der Waals surface area contributed by atoms with Crippen molar-refractivity contribution in [3.63, 3.8) is 0 Å². The molecule has 0 bridgehead atoms. The summed E-state index contributed by atoms with van der Waals surface area (Å²) in [4.78, 5) is 17.0. The molecule has 5 nitrogen and oxygen atoms in total. The van der Waals surface area contributed by atoms with Crippen molar-refractivity contribution < 1.29 is 23.1 Å².